The molecule has 5 rings (SSSR count). The van der Waals surface area contributed by atoms with Crippen LogP contribution in [0, 0.1) is 11.3 Å². The van der Waals surface area contributed by atoms with Gasteiger partial charge in [-0.2, -0.15) is 10.4 Å². The lowest BCUT2D eigenvalue weighted by Gasteiger charge is -2.14. The van der Waals surface area contributed by atoms with E-state index in [0.29, 0.717) is 22.7 Å². The summed E-state index contributed by atoms with van der Waals surface area (Å²) in [7, 11) is 1.85. The number of fused-ring (bicyclic) bond motifs is 2. The van der Waals surface area contributed by atoms with Crippen molar-refractivity contribution in [3.8, 4) is 28.7 Å². The van der Waals surface area contributed by atoms with Crippen LogP contribution in [0.3, 0.4) is 0 Å². The van der Waals surface area contributed by atoms with Crippen LogP contribution in [0.25, 0.3) is 28.2 Å². The number of ether oxygens (including phenoxy) is 2. The summed E-state index contributed by atoms with van der Waals surface area (Å²) in [5.74, 6) is 0.849. The number of rotatable bonds is 5. The van der Waals surface area contributed by atoms with E-state index >= 15 is 0 Å². The average Bonchev–Trinajstić information content (AvgIpc) is 3.56. The standard InChI is InChI=1S/C24H20N6O3/c1-14(15-3-4-21-22(7-15)33-13-32-21)29-24(31)16(8-25)5-18-10-27-23-20(18)6-17(9-26-23)19-11-28-30(2)12-19/h3-7,9-12,14H,13H2,1-2H3,(H,26,27)(H,29,31)/b16-5+/t14-/m1/s1. The second-order valence-electron chi connectivity index (χ2n) is 7.74. The van der Waals surface area contributed by atoms with Gasteiger partial charge in [-0.25, -0.2) is 4.98 Å². The third-order valence-corrected chi connectivity index (χ3v) is 5.51. The molecule has 1 atom stereocenters. The van der Waals surface area contributed by atoms with Crippen molar-refractivity contribution in [2.24, 2.45) is 7.05 Å². The van der Waals surface area contributed by atoms with Gasteiger partial charge in [0.05, 0.1) is 12.2 Å². The normalized spacial score (nSPS) is 13.7. The number of H-pyrrole nitrogens is 1. The maximum absolute atomic E-state index is 12.9. The Hall–Kier alpha value is -4.58. The summed E-state index contributed by atoms with van der Waals surface area (Å²) in [4.78, 5) is 20.4. The fraction of sp³-hybridized carbons (Fsp3) is 0.167. The predicted octanol–water partition coefficient (Wildman–Crippen LogP) is 3.48. The van der Waals surface area contributed by atoms with Crippen LogP contribution < -0.4 is 14.8 Å². The Morgan fingerprint density at radius 2 is 2.12 bits per heavy atom. The Morgan fingerprint density at radius 1 is 1.27 bits per heavy atom. The number of carbonyl (C=O) groups excluding carboxylic acids is 1. The van der Waals surface area contributed by atoms with Crippen LogP contribution in [0.4, 0.5) is 0 Å². The summed E-state index contributed by atoms with van der Waals surface area (Å²) in [5, 5.41) is 17.5. The van der Waals surface area contributed by atoms with Crippen LogP contribution >= 0.6 is 0 Å². The first-order chi connectivity index (χ1) is 16.0. The van der Waals surface area contributed by atoms with Crippen LogP contribution in [0.2, 0.25) is 0 Å². The second-order valence-corrected chi connectivity index (χ2v) is 7.74. The number of amides is 1. The van der Waals surface area contributed by atoms with Gasteiger partial charge in [0.1, 0.15) is 17.3 Å². The van der Waals surface area contributed by atoms with Gasteiger partial charge in [0.15, 0.2) is 11.5 Å². The molecule has 33 heavy (non-hydrogen) atoms. The molecule has 4 heterocycles. The number of pyridine rings is 1. The van der Waals surface area contributed by atoms with E-state index in [2.05, 4.69) is 20.4 Å². The third-order valence-electron chi connectivity index (χ3n) is 5.51. The number of nitriles is 1. The first kappa shape index (κ1) is 20.3. The third kappa shape index (κ3) is 3.90. The Labute approximate surface area is 189 Å². The van der Waals surface area contributed by atoms with E-state index in [1.54, 1.807) is 35.4 Å². The molecule has 0 spiro atoms. The van der Waals surface area contributed by atoms with E-state index in [1.165, 1.54) is 0 Å². The average molecular weight is 440 g/mol. The minimum Gasteiger partial charge on any atom is -0.454 e. The molecule has 0 bridgehead atoms. The molecule has 9 heteroatoms. The van der Waals surface area contributed by atoms with Gasteiger partial charge in [-0.1, -0.05) is 6.07 Å². The van der Waals surface area contributed by atoms with Gasteiger partial charge >= 0.3 is 0 Å². The molecule has 1 amide bonds. The molecule has 164 valence electrons. The molecule has 0 radical (unpaired) electrons. The summed E-state index contributed by atoms with van der Waals surface area (Å²) in [6.45, 7) is 2.03. The van der Waals surface area contributed by atoms with Crippen molar-refractivity contribution >= 4 is 23.0 Å². The first-order valence-corrected chi connectivity index (χ1v) is 10.3. The zero-order valence-corrected chi connectivity index (χ0v) is 18.0. The SMILES string of the molecule is C[C@@H](NC(=O)/C(C#N)=C/c1c[nH]c2ncc(-c3cnn(C)c3)cc12)c1ccc2c(c1)OCO2. The molecule has 1 aliphatic heterocycles. The maximum Gasteiger partial charge on any atom is 0.262 e. The number of aromatic nitrogens is 4. The number of nitrogens with zero attached hydrogens (tertiary/aromatic N) is 4. The number of aromatic amines is 1. The monoisotopic (exact) mass is 440 g/mol. The molecule has 3 aromatic heterocycles. The number of carbonyl (C=O) groups is 1. The molecule has 0 saturated carbocycles. The summed E-state index contributed by atoms with van der Waals surface area (Å²) in [6.07, 6.45) is 8.72. The molecule has 2 N–H and O–H groups in total. The largest absolute Gasteiger partial charge is 0.454 e. The van der Waals surface area contributed by atoms with Gasteiger partial charge in [0.2, 0.25) is 6.79 Å². The fourth-order valence-corrected chi connectivity index (χ4v) is 3.72. The first-order valence-electron chi connectivity index (χ1n) is 10.3. The van der Waals surface area contributed by atoms with Crippen LogP contribution in [-0.2, 0) is 11.8 Å². The van der Waals surface area contributed by atoms with Crippen LogP contribution in [0.15, 0.2) is 54.6 Å². The highest BCUT2D eigenvalue weighted by atomic mass is 16.7. The topological polar surface area (TPSA) is 118 Å². The number of hydrogen-bond acceptors (Lipinski definition) is 6. The van der Waals surface area contributed by atoms with Crippen LogP contribution in [0.5, 0.6) is 11.5 Å². The van der Waals surface area contributed by atoms with Gasteiger partial charge < -0.3 is 19.8 Å². The van der Waals surface area contributed by atoms with Gasteiger partial charge in [-0.05, 0) is 36.8 Å². The molecule has 1 aromatic carbocycles. The summed E-state index contributed by atoms with van der Waals surface area (Å²) >= 11 is 0. The molecular weight excluding hydrogens is 420 g/mol. The highest BCUT2D eigenvalue weighted by Gasteiger charge is 2.19. The summed E-state index contributed by atoms with van der Waals surface area (Å²) in [5.41, 5.74) is 4.03. The van der Waals surface area contributed by atoms with E-state index in [0.717, 1.165) is 22.1 Å². The van der Waals surface area contributed by atoms with Crippen molar-refractivity contribution < 1.29 is 14.3 Å². The van der Waals surface area contributed by atoms with Crippen molar-refractivity contribution in [1.29, 1.82) is 5.26 Å². The Morgan fingerprint density at radius 3 is 2.91 bits per heavy atom. The highest BCUT2D eigenvalue weighted by molar-refractivity contribution is 6.04. The Kier molecular flexibility index (Phi) is 5.03. The van der Waals surface area contributed by atoms with Crippen LogP contribution in [0.1, 0.15) is 24.1 Å². The van der Waals surface area contributed by atoms with E-state index in [-0.39, 0.29) is 18.4 Å². The van der Waals surface area contributed by atoms with Gasteiger partial charge in [0.25, 0.3) is 5.91 Å². The van der Waals surface area contributed by atoms with Crippen molar-refractivity contribution in [2.75, 3.05) is 6.79 Å². The predicted molar refractivity (Wildman–Crippen MR) is 121 cm³/mol. The van der Waals surface area contributed by atoms with Crippen molar-refractivity contribution in [3.05, 3.63) is 65.8 Å². The molecule has 4 aromatic rings. The molecule has 1 aliphatic rings. The summed E-state index contributed by atoms with van der Waals surface area (Å²) in [6, 6.07) is 9.14. The minimum atomic E-state index is -0.464. The lowest BCUT2D eigenvalue weighted by Crippen LogP contribution is -2.27. The van der Waals surface area contributed by atoms with Crippen molar-refractivity contribution in [3.63, 3.8) is 0 Å². The van der Waals surface area contributed by atoms with E-state index in [1.807, 2.05) is 44.4 Å². The van der Waals surface area contributed by atoms with E-state index in [4.69, 9.17) is 9.47 Å². The van der Waals surface area contributed by atoms with Crippen molar-refractivity contribution in [2.45, 2.75) is 13.0 Å². The molecule has 0 saturated heterocycles. The lowest BCUT2D eigenvalue weighted by atomic mass is 10.1. The Bertz CT molecular complexity index is 1440. The molecule has 0 aliphatic carbocycles. The van der Waals surface area contributed by atoms with Crippen molar-refractivity contribution in [1.82, 2.24) is 25.1 Å². The molecule has 9 nitrogen and oxygen atoms in total. The van der Waals surface area contributed by atoms with Crippen LogP contribution in [-0.4, -0.2) is 32.4 Å². The quantitative estimate of drug-likeness (QED) is 0.362. The Balaban J connectivity index is 1.40. The number of benzene rings is 1. The number of aryl methyl sites for hydroxylation is 1. The van der Waals surface area contributed by atoms with E-state index < -0.39 is 5.91 Å². The number of nitrogens with one attached hydrogen (secondary N) is 2. The minimum absolute atomic E-state index is 0.00438. The smallest absolute Gasteiger partial charge is 0.262 e. The highest BCUT2D eigenvalue weighted by Crippen LogP contribution is 2.34. The molecule has 0 unspecified atom stereocenters. The lowest BCUT2D eigenvalue weighted by molar-refractivity contribution is -0.117. The number of hydrogen-bond donors (Lipinski definition) is 2. The fourth-order valence-electron chi connectivity index (χ4n) is 3.72. The van der Waals surface area contributed by atoms with Gasteiger partial charge in [-0.3, -0.25) is 9.48 Å². The molecule has 0 fully saturated rings. The van der Waals surface area contributed by atoms with Gasteiger partial charge in [-0.15, -0.1) is 0 Å². The van der Waals surface area contributed by atoms with E-state index in [9.17, 15) is 10.1 Å². The zero-order chi connectivity index (χ0) is 22.9. The van der Waals surface area contributed by atoms with Gasteiger partial charge in [0, 0.05) is 47.7 Å². The molecular formula is C24H20N6O3. The maximum atomic E-state index is 12.9. The zero-order valence-electron chi connectivity index (χ0n) is 18.0. The summed E-state index contributed by atoms with van der Waals surface area (Å²) < 4.78 is 12.4. The second kappa shape index (κ2) is 8.16.